The lowest BCUT2D eigenvalue weighted by Gasteiger charge is -2.00. The van der Waals surface area contributed by atoms with Gasteiger partial charge in [-0.2, -0.15) is 0 Å². The second kappa shape index (κ2) is 15.6. The van der Waals surface area contributed by atoms with Crippen molar-refractivity contribution in [2.45, 2.75) is 90.3 Å². The molecule has 0 saturated heterocycles. The van der Waals surface area contributed by atoms with Crippen LogP contribution in [0.5, 0.6) is 0 Å². The van der Waals surface area contributed by atoms with Gasteiger partial charge in [-0.15, -0.1) is 6.58 Å². The van der Waals surface area contributed by atoms with E-state index in [-0.39, 0.29) is 0 Å². The van der Waals surface area contributed by atoms with Crippen LogP contribution in [0.15, 0.2) is 24.3 Å². The summed E-state index contributed by atoms with van der Waals surface area (Å²) in [6.45, 7) is 6.06. The minimum atomic E-state index is 0.853. The molecule has 0 nitrogen and oxygen atoms in total. The fraction of sp³-hybridized carbons (Fsp3) is 0.778. The molecule has 0 aliphatic heterocycles. The van der Waals surface area contributed by atoms with Gasteiger partial charge in [0.05, 0.1) is 7.85 Å². The van der Waals surface area contributed by atoms with Crippen LogP contribution >= 0.6 is 0 Å². The summed E-state index contributed by atoms with van der Waals surface area (Å²) in [5.74, 6) is 0. The minimum absolute atomic E-state index is 0.853. The number of hydrogen-bond acceptors (Lipinski definition) is 0. The zero-order valence-corrected chi connectivity index (χ0v) is 13.1. The highest BCUT2D eigenvalue weighted by molar-refractivity contribution is 6.08. The van der Waals surface area contributed by atoms with Gasteiger partial charge in [-0.1, -0.05) is 62.6 Å². The predicted octanol–water partition coefficient (Wildman–Crippen LogP) is 6.39. The van der Waals surface area contributed by atoms with E-state index in [4.69, 9.17) is 7.85 Å². The minimum Gasteiger partial charge on any atom is -0.100 e. The maximum atomic E-state index is 5.47. The monoisotopic (exact) mass is 260 g/mol. The van der Waals surface area contributed by atoms with Gasteiger partial charge in [0.2, 0.25) is 0 Å². The molecule has 0 aromatic heterocycles. The summed E-state index contributed by atoms with van der Waals surface area (Å²) in [5, 5.41) is 0. The second-order valence-corrected chi connectivity index (χ2v) is 5.73. The van der Waals surface area contributed by atoms with Crippen molar-refractivity contribution in [2.24, 2.45) is 0 Å². The summed E-state index contributed by atoms with van der Waals surface area (Å²) >= 11 is 0. The summed E-state index contributed by atoms with van der Waals surface area (Å²) in [6.07, 6.45) is 21.3. The van der Waals surface area contributed by atoms with Crippen LogP contribution in [0.2, 0.25) is 6.32 Å². The molecule has 0 unspecified atom stereocenters. The molecule has 0 aromatic carbocycles. The Balaban J connectivity index is 3.07. The van der Waals surface area contributed by atoms with E-state index >= 15 is 0 Å². The first-order valence-electron chi connectivity index (χ1n) is 8.27. The average molecular weight is 260 g/mol. The summed E-state index contributed by atoms with van der Waals surface area (Å²) < 4.78 is 0. The third-order valence-electron chi connectivity index (χ3n) is 3.47. The van der Waals surface area contributed by atoms with Crippen molar-refractivity contribution in [3.8, 4) is 0 Å². The molecule has 0 aliphatic carbocycles. The van der Waals surface area contributed by atoms with Crippen LogP contribution < -0.4 is 0 Å². The first-order chi connectivity index (χ1) is 9.27. The van der Waals surface area contributed by atoms with Gasteiger partial charge < -0.3 is 0 Å². The van der Waals surface area contributed by atoms with Crippen molar-refractivity contribution < 1.29 is 0 Å². The largest absolute Gasteiger partial charge is 0.100 e. The number of rotatable bonds is 14. The molecule has 0 amide bonds. The Morgan fingerprint density at radius 1 is 0.789 bits per heavy atom. The molecular formula is C18H33B. The highest BCUT2D eigenvalue weighted by Crippen LogP contribution is 2.10. The molecule has 108 valence electrons. The Morgan fingerprint density at radius 2 is 1.26 bits per heavy atom. The number of allylic oxidation sites excluding steroid dienone is 3. The third kappa shape index (κ3) is 17.5. The molecule has 0 bridgehead atoms. The zero-order valence-electron chi connectivity index (χ0n) is 13.1. The molecule has 2 radical (unpaired) electrons. The molecule has 0 aromatic rings. The van der Waals surface area contributed by atoms with Gasteiger partial charge in [-0.25, -0.2) is 0 Å². The van der Waals surface area contributed by atoms with E-state index in [1.165, 1.54) is 82.6 Å². The van der Waals surface area contributed by atoms with Crippen molar-refractivity contribution >= 4 is 7.85 Å². The maximum Gasteiger partial charge on any atom is 0.0653 e. The second-order valence-electron chi connectivity index (χ2n) is 5.73. The molecule has 0 heterocycles. The van der Waals surface area contributed by atoms with E-state index < -0.39 is 0 Å². The molecule has 0 fully saturated rings. The van der Waals surface area contributed by atoms with Crippen LogP contribution in [0, 0.1) is 0 Å². The lowest BCUT2D eigenvalue weighted by Crippen LogP contribution is -1.80. The number of unbranched alkanes of at least 4 members (excludes halogenated alkanes) is 9. The molecule has 1 heteroatoms. The van der Waals surface area contributed by atoms with Gasteiger partial charge in [-0.05, 0) is 45.4 Å². The smallest absolute Gasteiger partial charge is 0.0653 e. The van der Waals surface area contributed by atoms with Crippen molar-refractivity contribution in [1.82, 2.24) is 0 Å². The topological polar surface area (TPSA) is 0 Å². The van der Waals surface area contributed by atoms with Crippen LogP contribution in [-0.4, -0.2) is 7.85 Å². The van der Waals surface area contributed by atoms with E-state index in [0.29, 0.717) is 0 Å². The molecule has 0 aliphatic rings. The van der Waals surface area contributed by atoms with Gasteiger partial charge in [0.1, 0.15) is 0 Å². The number of hydrogen-bond donors (Lipinski definition) is 0. The fourth-order valence-corrected chi connectivity index (χ4v) is 2.22. The summed E-state index contributed by atoms with van der Waals surface area (Å²) in [6, 6.07) is 0. The Hall–Kier alpha value is -0.455. The highest BCUT2D eigenvalue weighted by atomic mass is 14.0. The van der Waals surface area contributed by atoms with Crippen LogP contribution in [0.3, 0.4) is 0 Å². The molecule has 19 heavy (non-hydrogen) atoms. The van der Waals surface area contributed by atoms with E-state index in [2.05, 4.69) is 25.7 Å². The van der Waals surface area contributed by atoms with Crippen molar-refractivity contribution in [2.75, 3.05) is 0 Å². The highest BCUT2D eigenvalue weighted by Gasteiger charge is 1.90. The fourth-order valence-electron chi connectivity index (χ4n) is 2.22. The Kier molecular flexibility index (Phi) is 15.2. The van der Waals surface area contributed by atoms with Crippen molar-refractivity contribution in [1.29, 1.82) is 0 Å². The SMILES string of the molecule is [B]CCCCCCC/C=C/CCCCCCC(=C)C. The maximum absolute atomic E-state index is 5.47. The average Bonchev–Trinajstić information content (AvgIpc) is 2.39. The summed E-state index contributed by atoms with van der Waals surface area (Å²) in [5.41, 5.74) is 1.33. The van der Waals surface area contributed by atoms with Crippen molar-refractivity contribution in [3.05, 3.63) is 24.3 Å². The van der Waals surface area contributed by atoms with Gasteiger partial charge in [0.15, 0.2) is 0 Å². The molecular weight excluding hydrogens is 227 g/mol. The third-order valence-corrected chi connectivity index (χ3v) is 3.47. The first kappa shape index (κ1) is 18.5. The van der Waals surface area contributed by atoms with E-state index in [9.17, 15) is 0 Å². The van der Waals surface area contributed by atoms with E-state index in [0.717, 1.165) is 6.32 Å². The first-order valence-corrected chi connectivity index (χ1v) is 8.27. The van der Waals surface area contributed by atoms with Crippen LogP contribution in [-0.2, 0) is 0 Å². The van der Waals surface area contributed by atoms with Crippen molar-refractivity contribution in [3.63, 3.8) is 0 Å². The Morgan fingerprint density at radius 3 is 1.79 bits per heavy atom. The molecule has 0 saturated carbocycles. The lowest BCUT2D eigenvalue weighted by atomic mass is 9.98. The van der Waals surface area contributed by atoms with Gasteiger partial charge in [0, 0.05) is 0 Å². The van der Waals surface area contributed by atoms with Gasteiger partial charge >= 0.3 is 0 Å². The quantitative estimate of drug-likeness (QED) is 0.193. The zero-order chi connectivity index (χ0) is 14.2. The lowest BCUT2D eigenvalue weighted by molar-refractivity contribution is 0.633. The summed E-state index contributed by atoms with van der Waals surface area (Å²) in [4.78, 5) is 0. The normalized spacial score (nSPS) is 11.2. The van der Waals surface area contributed by atoms with E-state index in [1.807, 2.05) is 0 Å². The molecule has 0 N–H and O–H groups in total. The Labute approximate surface area is 123 Å². The van der Waals surface area contributed by atoms with Gasteiger partial charge in [-0.3, -0.25) is 0 Å². The molecule has 0 spiro atoms. The van der Waals surface area contributed by atoms with Crippen LogP contribution in [0.4, 0.5) is 0 Å². The molecule has 0 rings (SSSR count). The van der Waals surface area contributed by atoms with Gasteiger partial charge in [0.25, 0.3) is 0 Å². The Bertz CT molecular complexity index is 218. The van der Waals surface area contributed by atoms with Crippen LogP contribution in [0.1, 0.15) is 84.0 Å². The molecule has 0 atom stereocenters. The predicted molar refractivity (Wildman–Crippen MR) is 89.9 cm³/mol. The standard InChI is InChI=1S/C18H33B/c1-18(2)16-14-12-10-8-6-4-3-5-7-9-11-13-15-17-19/h3-4H,1,5-17H2,2H3/b4-3+. The van der Waals surface area contributed by atoms with Crippen LogP contribution in [0.25, 0.3) is 0 Å². The van der Waals surface area contributed by atoms with E-state index in [1.54, 1.807) is 0 Å². The summed E-state index contributed by atoms with van der Waals surface area (Å²) in [7, 11) is 5.47.